The second-order valence-corrected chi connectivity index (χ2v) is 4.83. The van der Waals surface area contributed by atoms with Crippen LogP contribution in [0.2, 0.25) is 0 Å². The van der Waals surface area contributed by atoms with Gasteiger partial charge in [-0.25, -0.2) is 4.79 Å². The first-order valence-electron chi connectivity index (χ1n) is 6.40. The van der Waals surface area contributed by atoms with Crippen molar-refractivity contribution in [2.24, 2.45) is 0 Å². The van der Waals surface area contributed by atoms with E-state index in [4.69, 9.17) is 9.84 Å². The van der Waals surface area contributed by atoms with Crippen LogP contribution in [0.15, 0.2) is 0 Å². The summed E-state index contributed by atoms with van der Waals surface area (Å²) in [7, 11) is 3.42. The molecule has 0 aromatic heterocycles. The number of carbonyl (C=O) groups excluding carboxylic acids is 2. The lowest BCUT2D eigenvalue weighted by molar-refractivity contribution is -0.146. The van der Waals surface area contributed by atoms with Crippen molar-refractivity contribution in [3.63, 3.8) is 0 Å². The van der Waals surface area contributed by atoms with E-state index in [0.717, 1.165) is 0 Å². The van der Waals surface area contributed by atoms with Gasteiger partial charge >= 0.3 is 5.97 Å². The highest BCUT2D eigenvalue weighted by Gasteiger charge is 2.22. The Kier molecular flexibility index (Phi) is 6.40. The number of piperazine rings is 1. The highest BCUT2D eigenvalue weighted by atomic mass is 16.5. The molecule has 0 spiro atoms. The number of ether oxygens (including phenoxy) is 1. The summed E-state index contributed by atoms with van der Waals surface area (Å²) in [5.74, 6) is -1.27. The molecule has 1 aliphatic rings. The summed E-state index contributed by atoms with van der Waals surface area (Å²) in [6.45, 7) is 1.97. The van der Waals surface area contributed by atoms with Gasteiger partial charge in [-0.3, -0.25) is 14.5 Å². The minimum absolute atomic E-state index is 0.0366. The van der Waals surface area contributed by atoms with E-state index in [1.165, 1.54) is 4.90 Å². The van der Waals surface area contributed by atoms with Crippen LogP contribution in [-0.2, 0) is 19.1 Å². The van der Waals surface area contributed by atoms with Gasteiger partial charge in [-0.05, 0) is 0 Å². The summed E-state index contributed by atoms with van der Waals surface area (Å²) in [5, 5.41) is 8.41. The fourth-order valence-corrected chi connectivity index (χ4v) is 1.81. The van der Waals surface area contributed by atoms with E-state index in [1.807, 2.05) is 4.90 Å². The molecule has 0 bridgehead atoms. The number of aliphatic carboxylic acids is 1. The minimum atomic E-state index is -1.09. The van der Waals surface area contributed by atoms with E-state index in [9.17, 15) is 14.4 Å². The topological polar surface area (TPSA) is 90.4 Å². The minimum Gasteiger partial charge on any atom is -0.480 e. The van der Waals surface area contributed by atoms with Crippen LogP contribution in [-0.4, -0.2) is 97.6 Å². The molecule has 0 radical (unpaired) electrons. The van der Waals surface area contributed by atoms with Gasteiger partial charge < -0.3 is 19.6 Å². The molecule has 2 amide bonds. The van der Waals surface area contributed by atoms with Gasteiger partial charge in [0.2, 0.25) is 11.8 Å². The number of amides is 2. The molecule has 1 rings (SSSR count). The third-order valence-corrected chi connectivity index (χ3v) is 3.03. The predicted molar refractivity (Wildman–Crippen MR) is 70.2 cm³/mol. The Bertz CT molecular complexity index is 364. The van der Waals surface area contributed by atoms with Crippen LogP contribution in [0.25, 0.3) is 0 Å². The summed E-state index contributed by atoms with van der Waals surface area (Å²) in [6, 6.07) is 0. The maximum absolute atomic E-state index is 11.7. The van der Waals surface area contributed by atoms with Gasteiger partial charge in [0, 0.05) is 40.3 Å². The zero-order valence-corrected chi connectivity index (χ0v) is 11.9. The number of carbonyl (C=O) groups is 3. The third kappa shape index (κ3) is 5.54. The first-order chi connectivity index (χ1) is 9.40. The van der Waals surface area contributed by atoms with Crippen molar-refractivity contribution in [3.05, 3.63) is 0 Å². The molecule has 1 saturated heterocycles. The van der Waals surface area contributed by atoms with Crippen molar-refractivity contribution in [3.8, 4) is 0 Å². The Morgan fingerprint density at radius 1 is 1.10 bits per heavy atom. The molecule has 114 valence electrons. The quantitative estimate of drug-likeness (QED) is 0.627. The molecule has 1 aliphatic heterocycles. The fourth-order valence-electron chi connectivity index (χ4n) is 1.81. The zero-order valence-electron chi connectivity index (χ0n) is 11.9. The van der Waals surface area contributed by atoms with Gasteiger partial charge in [0.1, 0.15) is 13.2 Å². The van der Waals surface area contributed by atoms with Crippen LogP contribution in [0, 0.1) is 0 Å². The molecule has 0 unspecified atom stereocenters. The number of nitrogens with zero attached hydrogens (tertiary/aromatic N) is 3. The standard InChI is InChI=1S/C12H21N3O5/c1-13(2)10(16)7-14-3-5-15(6-4-14)11(17)8-20-9-12(18)19/h3-9H2,1-2H3,(H,18,19). The van der Waals surface area contributed by atoms with E-state index in [-0.39, 0.29) is 18.4 Å². The number of hydrogen-bond acceptors (Lipinski definition) is 5. The van der Waals surface area contributed by atoms with Crippen molar-refractivity contribution in [1.82, 2.24) is 14.7 Å². The highest BCUT2D eigenvalue weighted by molar-refractivity contribution is 5.79. The average Bonchev–Trinajstić information content (AvgIpc) is 2.38. The molecule has 1 N–H and O–H groups in total. The lowest BCUT2D eigenvalue weighted by Crippen LogP contribution is -2.51. The molecule has 8 nitrogen and oxygen atoms in total. The van der Waals surface area contributed by atoms with E-state index in [2.05, 4.69) is 0 Å². The summed E-state index contributed by atoms with van der Waals surface area (Å²) >= 11 is 0. The van der Waals surface area contributed by atoms with Crippen molar-refractivity contribution < 1.29 is 24.2 Å². The summed E-state index contributed by atoms with van der Waals surface area (Å²) < 4.78 is 4.77. The SMILES string of the molecule is CN(C)C(=O)CN1CCN(C(=O)COCC(=O)O)CC1. The van der Waals surface area contributed by atoms with Crippen LogP contribution in [0.1, 0.15) is 0 Å². The van der Waals surface area contributed by atoms with Crippen LogP contribution in [0.5, 0.6) is 0 Å². The molecule has 20 heavy (non-hydrogen) atoms. The Balaban J connectivity index is 2.26. The third-order valence-electron chi connectivity index (χ3n) is 3.03. The molecule has 0 aromatic carbocycles. The summed E-state index contributed by atoms with van der Waals surface area (Å²) in [4.78, 5) is 38.7. The lowest BCUT2D eigenvalue weighted by atomic mass is 10.3. The Morgan fingerprint density at radius 3 is 2.20 bits per heavy atom. The van der Waals surface area contributed by atoms with Gasteiger partial charge in [-0.15, -0.1) is 0 Å². The number of carboxylic acids is 1. The molecule has 0 aliphatic carbocycles. The van der Waals surface area contributed by atoms with Crippen molar-refractivity contribution in [2.75, 3.05) is 60.0 Å². The molecule has 8 heteroatoms. The second kappa shape index (κ2) is 7.81. The van der Waals surface area contributed by atoms with Gasteiger partial charge in [0.05, 0.1) is 6.54 Å². The normalized spacial score (nSPS) is 16.0. The van der Waals surface area contributed by atoms with E-state index < -0.39 is 12.6 Å². The fraction of sp³-hybridized carbons (Fsp3) is 0.750. The number of hydrogen-bond donors (Lipinski definition) is 1. The van der Waals surface area contributed by atoms with E-state index in [1.54, 1.807) is 19.0 Å². The Labute approximate surface area is 117 Å². The van der Waals surface area contributed by atoms with Crippen molar-refractivity contribution in [2.45, 2.75) is 0 Å². The maximum atomic E-state index is 11.7. The molecule has 0 saturated carbocycles. The smallest absolute Gasteiger partial charge is 0.329 e. The summed E-state index contributed by atoms with van der Waals surface area (Å²) in [6.07, 6.45) is 0. The van der Waals surface area contributed by atoms with Crippen LogP contribution < -0.4 is 0 Å². The molecular weight excluding hydrogens is 266 g/mol. The molecule has 0 aromatic rings. The van der Waals surface area contributed by atoms with Crippen molar-refractivity contribution in [1.29, 1.82) is 0 Å². The van der Waals surface area contributed by atoms with E-state index >= 15 is 0 Å². The van der Waals surface area contributed by atoms with Crippen LogP contribution in [0.4, 0.5) is 0 Å². The van der Waals surface area contributed by atoms with Gasteiger partial charge in [-0.2, -0.15) is 0 Å². The van der Waals surface area contributed by atoms with Crippen LogP contribution in [0.3, 0.4) is 0 Å². The monoisotopic (exact) mass is 287 g/mol. The van der Waals surface area contributed by atoms with Crippen LogP contribution >= 0.6 is 0 Å². The number of likely N-dealkylation sites (N-methyl/N-ethyl adjacent to an activating group) is 1. The zero-order chi connectivity index (χ0) is 15.1. The molecular formula is C12H21N3O5. The van der Waals surface area contributed by atoms with E-state index in [0.29, 0.717) is 32.7 Å². The molecule has 0 atom stereocenters. The molecule has 1 heterocycles. The average molecular weight is 287 g/mol. The lowest BCUT2D eigenvalue weighted by Gasteiger charge is -2.34. The van der Waals surface area contributed by atoms with Gasteiger partial charge in [-0.1, -0.05) is 0 Å². The second-order valence-electron chi connectivity index (χ2n) is 4.83. The summed E-state index contributed by atoms with van der Waals surface area (Å²) in [5.41, 5.74) is 0. The highest BCUT2D eigenvalue weighted by Crippen LogP contribution is 2.03. The first kappa shape index (κ1) is 16.4. The van der Waals surface area contributed by atoms with Gasteiger partial charge in [0.25, 0.3) is 0 Å². The Hall–Kier alpha value is -1.67. The largest absolute Gasteiger partial charge is 0.480 e. The Morgan fingerprint density at radius 2 is 1.70 bits per heavy atom. The number of carboxylic acid groups (broad SMARTS) is 1. The maximum Gasteiger partial charge on any atom is 0.329 e. The van der Waals surface area contributed by atoms with Crippen molar-refractivity contribution >= 4 is 17.8 Å². The van der Waals surface area contributed by atoms with Gasteiger partial charge in [0.15, 0.2) is 0 Å². The number of rotatable bonds is 6. The predicted octanol–water partition coefficient (Wildman–Crippen LogP) is -1.68. The first-order valence-corrected chi connectivity index (χ1v) is 6.40. The molecule has 1 fully saturated rings.